The summed E-state index contributed by atoms with van der Waals surface area (Å²) in [7, 11) is 5.26. The molecule has 0 spiro atoms. The van der Waals surface area contributed by atoms with Crippen LogP contribution in [0.3, 0.4) is 0 Å². The number of rotatable bonds is 5. The zero-order valence-electron chi connectivity index (χ0n) is 20.5. The molecule has 0 fully saturated rings. The smallest absolute Gasteiger partial charge is 0.279 e. The number of amides is 1. The third kappa shape index (κ3) is 5.40. The van der Waals surface area contributed by atoms with Gasteiger partial charge in [0, 0.05) is 31.9 Å². The number of aromatic nitrogens is 2. The molecule has 37 heavy (non-hydrogen) atoms. The Labute approximate surface area is 222 Å². The quantitative estimate of drug-likeness (QED) is 0.372. The second-order valence-electron chi connectivity index (χ2n) is 8.55. The molecule has 188 valence electrons. The Morgan fingerprint density at radius 2 is 1.70 bits per heavy atom. The van der Waals surface area contributed by atoms with Crippen molar-refractivity contribution in [3.8, 4) is 0 Å². The fourth-order valence-corrected chi connectivity index (χ4v) is 4.05. The molecule has 0 aliphatic heterocycles. The molecule has 1 aromatic heterocycles. The van der Waals surface area contributed by atoms with E-state index >= 15 is 0 Å². The highest BCUT2D eigenvalue weighted by atomic mass is 35.5. The summed E-state index contributed by atoms with van der Waals surface area (Å²) < 4.78 is 1.14. The van der Waals surface area contributed by atoms with E-state index in [1.54, 1.807) is 30.3 Å². The molecule has 0 unspecified atom stereocenters. The van der Waals surface area contributed by atoms with Crippen LogP contribution in [0.5, 0.6) is 0 Å². The van der Waals surface area contributed by atoms with Gasteiger partial charge in [-0.15, -0.1) is 0 Å². The van der Waals surface area contributed by atoms with Crippen molar-refractivity contribution in [2.45, 2.75) is 6.92 Å². The summed E-state index contributed by atoms with van der Waals surface area (Å²) in [4.78, 5) is 50.6. The molecule has 0 radical (unpaired) electrons. The number of halogens is 2. The minimum Gasteiger partial charge on any atom is -0.378 e. The van der Waals surface area contributed by atoms with Gasteiger partial charge in [-0.05, 0) is 61.0 Å². The van der Waals surface area contributed by atoms with Crippen molar-refractivity contribution in [1.29, 1.82) is 0 Å². The highest BCUT2D eigenvalue weighted by Gasteiger charge is 2.22. The van der Waals surface area contributed by atoms with Gasteiger partial charge in [-0.3, -0.25) is 19.0 Å². The Balaban J connectivity index is 1.98. The molecule has 0 aliphatic carbocycles. The topological polar surface area (TPSA) is 96.7 Å². The van der Waals surface area contributed by atoms with Crippen LogP contribution in [0.2, 0.25) is 10.0 Å². The van der Waals surface area contributed by atoms with Crippen LogP contribution in [0.1, 0.15) is 11.4 Å². The monoisotopic (exact) mass is 535 g/mol. The standard InChI is InChI=1S/C27H23Cl2N5O3/c1-15-13-17(33(2)3)10-12-21(15)30-23(26(36)31-22-14-16(28)9-11-20(22)29)24-32-25(35)18-7-5-6-8-19(18)27(37)34(24)4/h5-14H,1-4H3,(H,31,36). The maximum absolute atomic E-state index is 13.6. The van der Waals surface area contributed by atoms with E-state index in [0.717, 1.165) is 15.8 Å². The van der Waals surface area contributed by atoms with Crippen LogP contribution in [0.25, 0.3) is 10.8 Å². The summed E-state index contributed by atoms with van der Waals surface area (Å²) >= 11 is 12.3. The molecule has 1 heterocycles. The molecule has 3 aromatic carbocycles. The number of benzene rings is 3. The first-order valence-electron chi connectivity index (χ1n) is 11.2. The van der Waals surface area contributed by atoms with Gasteiger partial charge in [0.1, 0.15) is 0 Å². The Kier molecular flexibility index (Phi) is 7.42. The van der Waals surface area contributed by atoms with E-state index in [2.05, 4.69) is 15.3 Å². The van der Waals surface area contributed by atoms with Crippen LogP contribution >= 0.6 is 23.2 Å². The molecule has 4 rings (SSSR count). The number of fused-ring (bicyclic) bond motifs is 1. The summed E-state index contributed by atoms with van der Waals surface area (Å²) in [5.74, 6) is -0.921. The van der Waals surface area contributed by atoms with Gasteiger partial charge in [0.05, 0.1) is 27.2 Å². The van der Waals surface area contributed by atoms with E-state index in [1.165, 1.54) is 25.2 Å². The lowest BCUT2D eigenvalue weighted by molar-refractivity contribution is -0.110. The van der Waals surface area contributed by atoms with Crippen LogP contribution in [0.15, 0.2) is 75.2 Å². The molecule has 0 aliphatic rings. The average molecular weight is 536 g/mol. The molecule has 0 bridgehead atoms. The fourth-order valence-electron chi connectivity index (χ4n) is 3.72. The third-order valence-corrected chi connectivity index (χ3v) is 6.31. The predicted octanol–water partition coefficient (Wildman–Crippen LogP) is 4.73. The van der Waals surface area contributed by atoms with E-state index in [-0.39, 0.29) is 33.0 Å². The number of aliphatic imine (C=N–C) groups is 1. The molecular formula is C27H23Cl2N5O3. The van der Waals surface area contributed by atoms with Crippen molar-refractivity contribution >= 4 is 62.7 Å². The van der Waals surface area contributed by atoms with Gasteiger partial charge >= 0.3 is 0 Å². The van der Waals surface area contributed by atoms with Crippen LogP contribution < -0.4 is 21.3 Å². The number of carbonyl (C=O) groups is 1. The lowest BCUT2D eigenvalue weighted by Crippen LogP contribution is -2.31. The summed E-state index contributed by atoms with van der Waals surface area (Å²) in [5, 5.41) is 3.61. The molecule has 1 N–H and O–H groups in total. The molecular weight excluding hydrogens is 513 g/mol. The van der Waals surface area contributed by atoms with Crippen LogP contribution in [0, 0.1) is 6.92 Å². The van der Waals surface area contributed by atoms with Gasteiger partial charge in [0.2, 0.25) is 0 Å². The zero-order valence-corrected chi connectivity index (χ0v) is 22.1. The van der Waals surface area contributed by atoms with Crippen molar-refractivity contribution in [1.82, 2.24) is 9.55 Å². The molecule has 10 heteroatoms. The summed E-state index contributed by atoms with van der Waals surface area (Å²) in [6, 6.07) is 16.5. The number of aryl methyl sites for hydroxylation is 1. The number of nitrogens with zero attached hydrogens (tertiary/aromatic N) is 4. The molecule has 1 amide bonds. The van der Waals surface area contributed by atoms with Crippen LogP contribution in [0.4, 0.5) is 17.1 Å². The Morgan fingerprint density at radius 1 is 1.00 bits per heavy atom. The SMILES string of the molecule is Cc1cc(N(C)C)ccc1N=C(C(=O)Nc1cc(Cl)ccc1Cl)c1nc(=O)c2ccccc2c(=O)n1C. The highest BCUT2D eigenvalue weighted by molar-refractivity contribution is 6.49. The van der Waals surface area contributed by atoms with Crippen molar-refractivity contribution in [2.75, 3.05) is 24.3 Å². The molecule has 4 aromatic rings. The Bertz CT molecular complexity index is 1700. The summed E-state index contributed by atoms with van der Waals surface area (Å²) in [6.45, 7) is 1.85. The molecule has 0 atom stereocenters. The van der Waals surface area contributed by atoms with Gasteiger partial charge in [-0.25, -0.2) is 4.99 Å². The molecule has 0 saturated carbocycles. The first-order chi connectivity index (χ1) is 17.6. The number of anilines is 2. The van der Waals surface area contributed by atoms with Gasteiger partial charge in [-0.1, -0.05) is 35.3 Å². The van der Waals surface area contributed by atoms with E-state index in [4.69, 9.17) is 23.2 Å². The maximum atomic E-state index is 13.6. The Hall–Kier alpha value is -4.01. The van der Waals surface area contributed by atoms with E-state index < -0.39 is 17.0 Å². The predicted molar refractivity (Wildman–Crippen MR) is 150 cm³/mol. The number of hydrogen-bond donors (Lipinski definition) is 1. The minimum atomic E-state index is -0.725. The first kappa shape index (κ1) is 26.1. The summed E-state index contributed by atoms with van der Waals surface area (Å²) in [6.07, 6.45) is 0. The first-order valence-corrected chi connectivity index (χ1v) is 12.0. The largest absolute Gasteiger partial charge is 0.378 e. The van der Waals surface area contributed by atoms with E-state index in [1.807, 2.05) is 38.1 Å². The number of carbonyl (C=O) groups excluding carboxylic acids is 1. The van der Waals surface area contributed by atoms with Crippen molar-refractivity contribution in [3.63, 3.8) is 0 Å². The second kappa shape index (κ2) is 10.5. The fraction of sp³-hybridized carbons (Fsp3) is 0.148. The lowest BCUT2D eigenvalue weighted by Gasteiger charge is -2.15. The minimum absolute atomic E-state index is 0.138. The zero-order chi connectivity index (χ0) is 26.9. The highest BCUT2D eigenvalue weighted by Crippen LogP contribution is 2.27. The lowest BCUT2D eigenvalue weighted by atomic mass is 10.1. The van der Waals surface area contributed by atoms with Crippen molar-refractivity contribution < 1.29 is 4.79 Å². The van der Waals surface area contributed by atoms with Gasteiger partial charge in [0.15, 0.2) is 11.5 Å². The molecule has 8 nitrogen and oxygen atoms in total. The van der Waals surface area contributed by atoms with Crippen LogP contribution in [-0.4, -0.2) is 35.3 Å². The van der Waals surface area contributed by atoms with Gasteiger partial charge in [-0.2, -0.15) is 4.98 Å². The van der Waals surface area contributed by atoms with Gasteiger partial charge < -0.3 is 10.2 Å². The third-order valence-electron chi connectivity index (χ3n) is 5.75. The van der Waals surface area contributed by atoms with Crippen molar-refractivity contribution in [2.24, 2.45) is 12.0 Å². The van der Waals surface area contributed by atoms with E-state index in [0.29, 0.717) is 10.7 Å². The Morgan fingerprint density at radius 3 is 2.38 bits per heavy atom. The molecule has 0 saturated heterocycles. The van der Waals surface area contributed by atoms with Gasteiger partial charge in [0.25, 0.3) is 17.0 Å². The normalized spacial score (nSPS) is 11.5. The average Bonchev–Trinajstić information content (AvgIpc) is 2.96. The van der Waals surface area contributed by atoms with Crippen molar-refractivity contribution in [3.05, 3.63) is 103 Å². The summed E-state index contributed by atoms with van der Waals surface area (Å²) in [5.41, 5.74) is 1.02. The maximum Gasteiger partial charge on any atom is 0.279 e. The number of hydrogen-bond acceptors (Lipinski definition) is 6. The van der Waals surface area contributed by atoms with E-state index in [9.17, 15) is 14.4 Å². The number of nitrogens with one attached hydrogen (secondary N) is 1. The van der Waals surface area contributed by atoms with Crippen LogP contribution in [-0.2, 0) is 11.8 Å². The second-order valence-corrected chi connectivity index (χ2v) is 9.40.